The minimum absolute atomic E-state index is 0.00277. The summed E-state index contributed by atoms with van der Waals surface area (Å²) in [7, 11) is -3.83. The number of hydrogen-bond donors (Lipinski definition) is 1. The molecule has 0 aliphatic carbocycles. The fraction of sp³-hybridized carbons (Fsp3) is 0.0714. The maximum Gasteiger partial charge on any atom is 0.210 e. The van der Waals surface area contributed by atoms with Crippen molar-refractivity contribution in [2.45, 2.75) is 16.7 Å². The molecular formula is C14H12O4S. The molecule has 5 heteroatoms. The number of rotatable bonds is 3. The van der Waals surface area contributed by atoms with Gasteiger partial charge in [0.05, 0.1) is 10.5 Å². The van der Waals surface area contributed by atoms with Gasteiger partial charge >= 0.3 is 0 Å². The van der Waals surface area contributed by atoms with Gasteiger partial charge in [-0.1, -0.05) is 24.3 Å². The first-order valence-corrected chi connectivity index (χ1v) is 7.06. The topological polar surface area (TPSA) is 71.4 Å². The summed E-state index contributed by atoms with van der Waals surface area (Å²) >= 11 is 0. The predicted molar refractivity (Wildman–Crippen MR) is 70.0 cm³/mol. The van der Waals surface area contributed by atoms with Crippen LogP contribution in [0.25, 0.3) is 0 Å². The lowest BCUT2D eigenvalue weighted by molar-refractivity contribution is 0.101. The van der Waals surface area contributed by atoms with Crippen molar-refractivity contribution >= 4 is 15.6 Å². The molecule has 2 rings (SSSR count). The van der Waals surface area contributed by atoms with Crippen LogP contribution in [-0.2, 0) is 9.84 Å². The van der Waals surface area contributed by atoms with Crippen molar-refractivity contribution in [3.8, 4) is 5.75 Å². The largest absolute Gasteiger partial charge is 0.506 e. The summed E-state index contributed by atoms with van der Waals surface area (Å²) in [6.45, 7) is 1.27. The maximum absolute atomic E-state index is 12.4. The highest BCUT2D eigenvalue weighted by Crippen LogP contribution is 2.31. The van der Waals surface area contributed by atoms with E-state index in [1.165, 1.54) is 37.3 Å². The molecule has 1 N–H and O–H groups in total. The summed E-state index contributed by atoms with van der Waals surface area (Å²) in [6, 6.07) is 11.9. The van der Waals surface area contributed by atoms with Crippen molar-refractivity contribution in [3.05, 3.63) is 54.1 Å². The molecule has 19 heavy (non-hydrogen) atoms. The quantitative estimate of drug-likeness (QED) is 0.874. The maximum atomic E-state index is 12.4. The number of sulfone groups is 1. The molecule has 0 saturated carbocycles. The summed E-state index contributed by atoms with van der Waals surface area (Å²) in [5.41, 5.74) is -0.00277. The fourth-order valence-corrected chi connectivity index (χ4v) is 3.14. The van der Waals surface area contributed by atoms with Gasteiger partial charge in [0.25, 0.3) is 0 Å². The SMILES string of the molecule is CC(=O)c1cccc(S(=O)(=O)c2ccccc2)c1O. The number of ketones is 1. The highest BCUT2D eigenvalue weighted by Gasteiger charge is 2.23. The summed E-state index contributed by atoms with van der Waals surface area (Å²) in [5.74, 6) is -0.888. The molecule has 0 fully saturated rings. The smallest absolute Gasteiger partial charge is 0.210 e. The van der Waals surface area contributed by atoms with Gasteiger partial charge in [-0.3, -0.25) is 4.79 Å². The molecule has 0 radical (unpaired) electrons. The van der Waals surface area contributed by atoms with Gasteiger partial charge in [-0.15, -0.1) is 0 Å². The number of phenolic OH excluding ortho intramolecular Hbond substituents is 1. The molecule has 0 bridgehead atoms. The zero-order chi connectivity index (χ0) is 14.0. The van der Waals surface area contributed by atoms with E-state index in [1.807, 2.05) is 0 Å². The lowest BCUT2D eigenvalue weighted by Gasteiger charge is -2.09. The Morgan fingerprint density at radius 2 is 1.63 bits per heavy atom. The van der Waals surface area contributed by atoms with E-state index in [0.29, 0.717) is 0 Å². The summed E-state index contributed by atoms with van der Waals surface area (Å²) in [5, 5.41) is 9.96. The van der Waals surface area contributed by atoms with Crippen LogP contribution in [0, 0.1) is 0 Å². The standard InChI is InChI=1S/C14H12O4S/c1-10(15)12-8-5-9-13(14(12)16)19(17,18)11-6-3-2-4-7-11/h2-9,16H,1H3. The van der Waals surface area contributed by atoms with E-state index in [2.05, 4.69) is 0 Å². The lowest BCUT2D eigenvalue weighted by atomic mass is 10.1. The lowest BCUT2D eigenvalue weighted by Crippen LogP contribution is -2.04. The molecule has 0 unspecified atom stereocenters. The second-order valence-electron chi connectivity index (χ2n) is 4.02. The van der Waals surface area contributed by atoms with Gasteiger partial charge in [0.2, 0.25) is 9.84 Å². The van der Waals surface area contributed by atoms with E-state index in [-0.39, 0.29) is 21.1 Å². The van der Waals surface area contributed by atoms with Gasteiger partial charge in [-0.2, -0.15) is 0 Å². The highest BCUT2D eigenvalue weighted by atomic mass is 32.2. The molecule has 0 spiro atoms. The fourth-order valence-electron chi connectivity index (χ4n) is 1.75. The third-order valence-electron chi connectivity index (χ3n) is 2.72. The number of carbonyl (C=O) groups excluding carboxylic acids is 1. The van der Waals surface area contributed by atoms with Crippen LogP contribution in [0.4, 0.5) is 0 Å². The normalized spacial score (nSPS) is 11.2. The molecule has 0 heterocycles. The molecule has 2 aromatic carbocycles. The van der Waals surface area contributed by atoms with Gasteiger partial charge in [-0.05, 0) is 31.2 Å². The Morgan fingerprint density at radius 1 is 1.00 bits per heavy atom. The van der Waals surface area contributed by atoms with Crippen molar-refractivity contribution < 1.29 is 18.3 Å². The molecule has 0 atom stereocenters. The van der Waals surface area contributed by atoms with Gasteiger partial charge in [0, 0.05) is 0 Å². The Bertz CT molecular complexity index is 718. The molecule has 0 aliphatic rings. The molecule has 0 amide bonds. The molecule has 0 aliphatic heterocycles. The third-order valence-corrected chi connectivity index (χ3v) is 4.52. The predicted octanol–water partition coefficient (Wildman–Crippen LogP) is 2.43. The first-order valence-electron chi connectivity index (χ1n) is 5.57. The van der Waals surface area contributed by atoms with Crippen LogP contribution in [0.1, 0.15) is 17.3 Å². The Hall–Kier alpha value is -2.14. The van der Waals surface area contributed by atoms with Gasteiger partial charge in [0.1, 0.15) is 10.6 Å². The summed E-state index contributed by atoms with van der Waals surface area (Å²) in [6.07, 6.45) is 0. The molecule has 2 aromatic rings. The monoisotopic (exact) mass is 276 g/mol. The zero-order valence-corrected chi connectivity index (χ0v) is 11.0. The molecule has 4 nitrogen and oxygen atoms in total. The van der Waals surface area contributed by atoms with Crippen LogP contribution in [0.3, 0.4) is 0 Å². The second-order valence-corrected chi connectivity index (χ2v) is 5.94. The Labute approximate surface area is 111 Å². The van der Waals surface area contributed by atoms with Crippen LogP contribution >= 0.6 is 0 Å². The first-order chi connectivity index (χ1) is 8.94. The average Bonchev–Trinajstić information content (AvgIpc) is 2.39. The Morgan fingerprint density at radius 3 is 2.21 bits per heavy atom. The number of hydrogen-bond acceptors (Lipinski definition) is 4. The number of aromatic hydroxyl groups is 1. The van der Waals surface area contributed by atoms with E-state index in [0.717, 1.165) is 0 Å². The van der Waals surface area contributed by atoms with Crippen molar-refractivity contribution in [2.75, 3.05) is 0 Å². The van der Waals surface area contributed by atoms with E-state index >= 15 is 0 Å². The summed E-state index contributed by atoms with van der Waals surface area (Å²) < 4.78 is 24.7. The number of phenols is 1. The van der Waals surface area contributed by atoms with Crippen molar-refractivity contribution in [1.82, 2.24) is 0 Å². The van der Waals surface area contributed by atoms with Crippen LogP contribution in [-0.4, -0.2) is 19.3 Å². The molecular weight excluding hydrogens is 264 g/mol. The second kappa shape index (κ2) is 4.85. The van der Waals surface area contributed by atoms with Crippen LogP contribution in [0.2, 0.25) is 0 Å². The number of para-hydroxylation sites is 1. The molecule has 0 saturated heterocycles. The van der Waals surface area contributed by atoms with E-state index < -0.39 is 15.6 Å². The summed E-state index contributed by atoms with van der Waals surface area (Å²) in [4.78, 5) is 11.1. The van der Waals surface area contributed by atoms with Gasteiger partial charge in [0.15, 0.2) is 5.78 Å². The van der Waals surface area contributed by atoms with Gasteiger partial charge in [-0.25, -0.2) is 8.42 Å². The van der Waals surface area contributed by atoms with Crippen molar-refractivity contribution in [2.24, 2.45) is 0 Å². The average molecular weight is 276 g/mol. The van der Waals surface area contributed by atoms with Crippen molar-refractivity contribution in [3.63, 3.8) is 0 Å². The van der Waals surface area contributed by atoms with Crippen LogP contribution < -0.4 is 0 Å². The van der Waals surface area contributed by atoms with Crippen LogP contribution in [0.5, 0.6) is 5.75 Å². The molecule has 0 aromatic heterocycles. The van der Waals surface area contributed by atoms with E-state index in [1.54, 1.807) is 18.2 Å². The Kier molecular flexibility index (Phi) is 3.40. The number of Topliss-reactive ketones (excluding diaryl/α,β-unsaturated/α-hetero) is 1. The van der Waals surface area contributed by atoms with Crippen molar-refractivity contribution in [1.29, 1.82) is 0 Å². The zero-order valence-electron chi connectivity index (χ0n) is 10.2. The third kappa shape index (κ3) is 2.37. The first kappa shape index (κ1) is 13.3. The van der Waals surface area contributed by atoms with Crippen LogP contribution in [0.15, 0.2) is 58.3 Å². The number of carbonyl (C=O) groups is 1. The minimum atomic E-state index is -3.83. The van der Waals surface area contributed by atoms with E-state index in [9.17, 15) is 18.3 Å². The minimum Gasteiger partial charge on any atom is -0.506 e. The Balaban J connectivity index is 2.66. The van der Waals surface area contributed by atoms with Gasteiger partial charge < -0.3 is 5.11 Å². The number of benzene rings is 2. The highest BCUT2D eigenvalue weighted by molar-refractivity contribution is 7.91. The van der Waals surface area contributed by atoms with E-state index in [4.69, 9.17) is 0 Å². The molecule has 98 valence electrons.